The van der Waals surface area contributed by atoms with E-state index in [-0.39, 0.29) is 11.6 Å². The molecule has 28 heavy (non-hydrogen) atoms. The van der Waals surface area contributed by atoms with Crippen molar-refractivity contribution in [2.24, 2.45) is 0 Å². The fraction of sp³-hybridized carbons (Fsp3) is 0.238. The van der Waals surface area contributed by atoms with Gasteiger partial charge >= 0.3 is 0 Å². The molecule has 0 unspecified atom stereocenters. The van der Waals surface area contributed by atoms with Crippen molar-refractivity contribution in [1.29, 1.82) is 5.26 Å². The molecule has 7 heteroatoms. The van der Waals surface area contributed by atoms with E-state index in [2.05, 4.69) is 43.8 Å². The van der Waals surface area contributed by atoms with Crippen LogP contribution < -0.4 is 14.8 Å². The number of carbonyl (C=O) groups is 1. The summed E-state index contributed by atoms with van der Waals surface area (Å²) < 4.78 is 13.2. The molecule has 1 amide bonds. The van der Waals surface area contributed by atoms with E-state index in [1.54, 1.807) is 19.2 Å². The number of rotatable bonds is 7. The molecule has 0 heterocycles. The van der Waals surface area contributed by atoms with Crippen LogP contribution in [0.25, 0.3) is 6.08 Å². The van der Waals surface area contributed by atoms with Crippen LogP contribution >= 0.6 is 38.5 Å². The van der Waals surface area contributed by atoms with Gasteiger partial charge in [-0.2, -0.15) is 5.26 Å². The van der Waals surface area contributed by atoms with E-state index in [9.17, 15) is 10.1 Å². The molecule has 0 fully saturated rings. The van der Waals surface area contributed by atoms with E-state index in [0.29, 0.717) is 28.1 Å². The normalized spacial score (nSPS) is 11.1. The molecule has 0 saturated carbocycles. The van der Waals surface area contributed by atoms with E-state index in [1.165, 1.54) is 6.08 Å². The molecule has 0 atom stereocenters. The van der Waals surface area contributed by atoms with Crippen LogP contribution in [0.1, 0.15) is 25.0 Å². The van der Waals surface area contributed by atoms with Crippen molar-refractivity contribution in [3.05, 3.63) is 61.1 Å². The summed E-state index contributed by atoms with van der Waals surface area (Å²) in [6.07, 6.45) is 1.52. The Balaban J connectivity index is 2.26. The summed E-state index contributed by atoms with van der Waals surface area (Å²) in [5.41, 5.74) is 1.71. The topological polar surface area (TPSA) is 71.3 Å². The minimum absolute atomic E-state index is 0.0176. The summed E-state index contributed by atoms with van der Waals surface area (Å²) in [5.74, 6) is 0.666. The Kier molecular flexibility index (Phi) is 8.33. The number of nitrogens with one attached hydrogen (secondary N) is 1. The largest absolute Gasteiger partial charge is 0.493 e. The lowest BCUT2D eigenvalue weighted by atomic mass is 10.1. The number of methoxy groups -OCH3 is 1. The molecule has 2 aromatic carbocycles. The maximum atomic E-state index is 12.1. The average molecular weight is 555 g/mol. The van der Waals surface area contributed by atoms with Crippen LogP contribution in [0.4, 0.5) is 0 Å². The highest BCUT2D eigenvalue weighted by Gasteiger charge is 2.14. The first kappa shape index (κ1) is 22.2. The van der Waals surface area contributed by atoms with E-state index in [1.807, 2.05) is 44.2 Å². The predicted molar refractivity (Wildman–Crippen MR) is 121 cm³/mol. The predicted octanol–water partition coefficient (Wildman–Crippen LogP) is 5.07. The monoisotopic (exact) mass is 554 g/mol. The molecule has 2 rings (SSSR count). The van der Waals surface area contributed by atoms with Crippen molar-refractivity contribution in [2.45, 2.75) is 26.5 Å². The Labute approximate surface area is 187 Å². The molecule has 2 aromatic rings. The zero-order valence-electron chi connectivity index (χ0n) is 15.8. The maximum Gasteiger partial charge on any atom is 0.262 e. The molecule has 0 radical (unpaired) electrons. The molecule has 0 bridgehead atoms. The van der Waals surface area contributed by atoms with Gasteiger partial charge in [0.15, 0.2) is 11.5 Å². The Bertz CT molecular complexity index is 918. The molecule has 5 nitrogen and oxygen atoms in total. The second-order valence-corrected chi connectivity index (χ2v) is 8.34. The highest BCUT2D eigenvalue weighted by Crippen LogP contribution is 2.35. The SMILES string of the molecule is COc1cc(/C=C(/C#N)C(=O)NC(C)C)c(Br)cc1OCc1ccc(I)cc1. The minimum Gasteiger partial charge on any atom is -0.493 e. The molecule has 146 valence electrons. The fourth-order valence-electron chi connectivity index (χ4n) is 2.32. The zero-order valence-corrected chi connectivity index (χ0v) is 19.5. The number of carbonyl (C=O) groups excluding carboxylic acids is 1. The summed E-state index contributed by atoms with van der Waals surface area (Å²) in [5, 5.41) is 12.0. The first-order valence-electron chi connectivity index (χ1n) is 8.51. The van der Waals surface area contributed by atoms with Crippen molar-refractivity contribution in [1.82, 2.24) is 5.32 Å². The fourth-order valence-corrected chi connectivity index (χ4v) is 3.12. The third-order valence-electron chi connectivity index (χ3n) is 3.68. The van der Waals surface area contributed by atoms with E-state index in [4.69, 9.17) is 9.47 Å². The lowest BCUT2D eigenvalue weighted by molar-refractivity contribution is -0.117. The number of nitrogens with zero attached hydrogens (tertiary/aromatic N) is 1. The standard InChI is InChI=1S/C21H20BrIN2O3/c1-13(2)25-21(26)16(11-24)8-15-9-19(27-3)20(10-18(15)22)28-12-14-4-6-17(23)7-5-14/h4-10,13H,12H2,1-3H3,(H,25,26)/b16-8-. The average Bonchev–Trinajstić information content (AvgIpc) is 2.66. The summed E-state index contributed by atoms with van der Waals surface area (Å²) in [4.78, 5) is 12.1. The third kappa shape index (κ3) is 6.24. The van der Waals surface area contributed by atoms with Crippen molar-refractivity contribution in [3.8, 4) is 17.6 Å². The zero-order chi connectivity index (χ0) is 20.7. The van der Waals surface area contributed by atoms with Crippen LogP contribution in [-0.4, -0.2) is 19.1 Å². The smallest absolute Gasteiger partial charge is 0.262 e. The Morgan fingerprint density at radius 2 is 1.96 bits per heavy atom. The third-order valence-corrected chi connectivity index (χ3v) is 5.08. The Morgan fingerprint density at radius 1 is 1.29 bits per heavy atom. The van der Waals surface area contributed by atoms with Gasteiger partial charge in [0.05, 0.1) is 7.11 Å². The summed E-state index contributed by atoms with van der Waals surface area (Å²) in [6, 6.07) is 13.4. The molecule has 0 spiro atoms. The van der Waals surface area contributed by atoms with E-state index in [0.717, 1.165) is 9.13 Å². The number of amides is 1. The van der Waals surface area contributed by atoms with Gasteiger partial charge in [0.1, 0.15) is 18.2 Å². The lowest BCUT2D eigenvalue weighted by Gasteiger charge is -2.13. The number of nitriles is 1. The van der Waals surface area contributed by atoms with Gasteiger partial charge in [-0.1, -0.05) is 28.1 Å². The second kappa shape index (κ2) is 10.5. The van der Waals surface area contributed by atoms with Gasteiger partial charge in [-0.05, 0) is 77.9 Å². The molecule has 0 aliphatic rings. The van der Waals surface area contributed by atoms with Gasteiger partial charge in [0, 0.05) is 14.1 Å². The van der Waals surface area contributed by atoms with Crippen LogP contribution in [0.2, 0.25) is 0 Å². The molecule has 1 N–H and O–H groups in total. The van der Waals surface area contributed by atoms with Crippen LogP contribution in [0, 0.1) is 14.9 Å². The molecular formula is C21H20BrIN2O3. The summed E-state index contributed by atoms with van der Waals surface area (Å²) in [7, 11) is 1.55. The van der Waals surface area contributed by atoms with Crippen LogP contribution in [0.15, 0.2) is 46.4 Å². The van der Waals surface area contributed by atoms with Gasteiger partial charge in [0.25, 0.3) is 5.91 Å². The number of benzene rings is 2. The molecule has 0 aliphatic carbocycles. The summed E-state index contributed by atoms with van der Waals surface area (Å²) in [6.45, 7) is 4.08. The van der Waals surface area contributed by atoms with Crippen LogP contribution in [-0.2, 0) is 11.4 Å². The number of hydrogen-bond donors (Lipinski definition) is 1. The lowest BCUT2D eigenvalue weighted by Crippen LogP contribution is -2.30. The maximum absolute atomic E-state index is 12.1. The van der Waals surface area contributed by atoms with E-state index < -0.39 is 5.91 Å². The molecular weight excluding hydrogens is 535 g/mol. The van der Waals surface area contributed by atoms with Gasteiger partial charge in [0.2, 0.25) is 0 Å². The molecule has 0 aliphatic heterocycles. The van der Waals surface area contributed by atoms with Crippen LogP contribution in [0.3, 0.4) is 0 Å². The number of halogens is 2. The van der Waals surface area contributed by atoms with Gasteiger partial charge in [-0.25, -0.2) is 0 Å². The van der Waals surface area contributed by atoms with E-state index >= 15 is 0 Å². The quantitative estimate of drug-likeness (QED) is 0.294. The van der Waals surface area contributed by atoms with Gasteiger partial charge in [-0.3, -0.25) is 4.79 Å². The number of hydrogen-bond acceptors (Lipinski definition) is 4. The van der Waals surface area contributed by atoms with Crippen molar-refractivity contribution < 1.29 is 14.3 Å². The second-order valence-electron chi connectivity index (χ2n) is 6.24. The Hall–Kier alpha value is -2.05. The minimum atomic E-state index is -0.414. The first-order valence-corrected chi connectivity index (χ1v) is 10.4. The highest BCUT2D eigenvalue weighted by molar-refractivity contribution is 14.1. The van der Waals surface area contributed by atoms with Crippen molar-refractivity contribution in [3.63, 3.8) is 0 Å². The number of ether oxygens (including phenoxy) is 2. The van der Waals surface area contributed by atoms with Crippen molar-refractivity contribution >= 4 is 50.5 Å². The highest BCUT2D eigenvalue weighted by atomic mass is 127. The summed E-state index contributed by atoms with van der Waals surface area (Å²) >= 11 is 5.74. The van der Waals surface area contributed by atoms with Gasteiger partial charge < -0.3 is 14.8 Å². The molecule has 0 aromatic heterocycles. The van der Waals surface area contributed by atoms with Crippen LogP contribution in [0.5, 0.6) is 11.5 Å². The molecule has 0 saturated heterocycles. The Morgan fingerprint density at radius 3 is 2.54 bits per heavy atom. The van der Waals surface area contributed by atoms with Crippen molar-refractivity contribution in [2.75, 3.05) is 7.11 Å². The van der Waals surface area contributed by atoms with Gasteiger partial charge in [-0.15, -0.1) is 0 Å². The first-order chi connectivity index (χ1) is 13.3.